The molecular formula is C14H18FN3. The van der Waals surface area contributed by atoms with E-state index in [-0.39, 0.29) is 5.82 Å². The Morgan fingerprint density at radius 1 is 1.22 bits per heavy atom. The predicted molar refractivity (Wildman–Crippen MR) is 69.5 cm³/mol. The second-order valence-corrected chi connectivity index (χ2v) is 4.71. The zero-order chi connectivity index (χ0) is 13.1. The van der Waals surface area contributed by atoms with Crippen molar-refractivity contribution in [2.75, 3.05) is 7.05 Å². The highest BCUT2D eigenvalue weighted by atomic mass is 19.1. The van der Waals surface area contributed by atoms with E-state index in [1.807, 2.05) is 37.0 Å². The molecule has 4 heteroatoms. The van der Waals surface area contributed by atoms with Crippen molar-refractivity contribution < 1.29 is 4.39 Å². The molecule has 2 aromatic rings. The Morgan fingerprint density at radius 3 is 2.44 bits per heavy atom. The minimum Gasteiger partial charge on any atom is -0.298 e. The van der Waals surface area contributed by atoms with Gasteiger partial charge in [0.05, 0.1) is 5.69 Å². The molecule has 0 aliphatic carbocycles. The molecule has 0 fully saturated rings. The van der Waals surface area contributed by atoms with Crippen LogP contribution in [0.15, 0.2) is 30.5 Å². The van der Waals surface area contributed by atoms with Crippen LogP contribution in [0.5, 0.6) is 0 Å². The summed E-state index contributed by atoms with van der Waals surface area (Å²) in [6, 6.07) is 6.64. The molecule has 0 saturated carbocycles. The quantitative estimate of drug-likeness (QED) is 0.827. The van der Waals surface area contributed by atoms with Crippen LogP contribution in [-0.2, 0) is 20.1 Å². The van der Waals surface area contributed by atoms with Gasteiger partial charge in [-0.2, -0.15) is 5.10 Å². The molecular weight excluding hydrogens is 229 g/mol. The number of hydrogen-bond acceptors (Lipinski definition) is 2. The van der Waals surface area contributed by atoms with Gasteiger partial charge in [-0.3, -0.25) is 9.58 Å². The van der Waals surface area contributed by atoms with E-state index in [0.29, 0.717) is 0 Å². The standard InChI is InChI=1S/C14H18FN3/c1-11-13(10-18(3)16-11)9-17(2)8-12-4-6-14(15)7-5-12/h4-7,10H,8-9H2,1-3H3. The van der Waals surface area contributed by atoms with Crippen molar-refractivity contribution in [1.29, 1.82) is 0 Å². The van der Waals surface area contributed by atoms with Gasteiger partial charge < -0.3 is 0 Å². The Balaban J connectivity index is 1.98. The van der Waals surface area contributed by atoms with Crippen LogP contribution in [0.4, 0.5) is 4.39 Å². The van der Waals surface area contributed by atoms with Gasteiger partial charge in [-0.25, -0.2) is 4.39 Å². The van der Waals surface area contributed by atoms with E-state index in [0.717, 1.165) is 24.3 Å². The van der Waals surface area contributed by atoms with Crippen molar-refractivity contribution in [2.24, 2.45) is 7.05 Å². The SMILES string of the molecule is Cc1nn(C)cc1CN(C)Cc1ccc(F)cc1. The van der Waals surface area contributed by atoms with Crippen LogP contribution in [0.3, 0.4) is 0 Å². The van der Waals surface area contributed by atoms with Gasteiger partial charge in [0.2, 0.25) is 0 Å². The van der Waals surface area contributed by atoms with Crippen LogP contribution in [0.25, 0.3) is 0 Å². The van der Waals surface area contributed by atoms with Crippen molar-refractivity contribution in [2.45, 2.75) is 20.0 Å². The summed E-state index contributed by atoms with van der Waals surface area (Å²) in [5.41, 5.74) is 3.39. The molecule has 0 aliphatic rings. The normalized spacial score (nSPS) is 11.2. The van der Waals surface area contributed by atoms with Gasteiger partial charge in [0.25, 0.3) is 0 Å². The topological polar surface area (TPSA) is 21.1 Å². The molecule has 0 unspecified atom stereocenters. The maximum atomic E-state index is 12.8. The molecule has 1 aromatic carbocycles. The average Bonchev–Trinajstić information content (AvgIpc) is 2.61. The zero-order valence-electron chi connectivity index (χ0n) is 11.0. The minimum absolute atomic E-state index is 0.190. The molecule has 96 valence electrons. The Kier molecular flexibility index (Phi) is 3.77. The lowest BCUT2D eigenvalue weighted by Gasteiger charge is -2.16. The van der Waals surface area contributed by atoms with Crippen molar-refractivity contribution in [3.63, 3.8) is 0 Å². The van der Waals surface area contributed by atoms with E-state index in [1.54, 1.807) is 0 Å². The lowest BCUT2D eigenvalue weighted by molar-refractivity contribution is 0.318. The second kappa shape index (κ2) is 5.31. The number of aryl methyl sites for hydroxylation is 2. The zero-order valence-corrected chi connectivity index (χ0v) is 11.0. The number of halogens is 1. The Bertz CT molecular complexity index is 516. The maximum absolute atomic E-state index is 12.8. The van der Waals surface area contributed by atoms with Crippen LogP contribution < -0.4 is 0 Å². The van der Waals surface area contributed by atoms with Crippen LogP contribution in [0.2, 0.25) is 0 Å². The van der Waals surface area contributed by atoms with Gasteiger partial charge in [0.15, 0.2) is 0 Å². The van der Waals surface area contributed by atoms with Crippen LogP contribution in [0, 0.1) is 12.7 Å². The van der Waals surface area contributed by atoms with Crippen molar-refractivity contribution in [1.82, 2.24) is 14.7 Å². The minimum atomic E-state index is -0.190. The number of nitrogens with zero attached hydrogens (tertiary/aromatic N) is 3. The molecule has 18 heavy (non-hydrogen) atoms. The summed E-state index contributed by atoms with van der Waals surface area (Å²) < 4.78 is 14.6. The highest BCUT2D eigenvalue weighted by molar-refractivity contribution is 5.17. The van der Waals surface area contributed by atoms with Crippen LogP contribution in [0.1, 0.15) is 16.8 Å². The number of benzene rings is 1. The van der Waals surface area contributed by atoms with Gasteiger partial charge in [0.1, 0.15) is 5.82 Å². The summed E-state index contributed by atoms with van der Waals surface area (Å²) in [4.78, 5) is 2.19. The maximum Gasteiger partial charge on any atom is 0.123 e. The smallest absolute Gasteiger partial charge is 0.123 e. The summed E-state index contributed by atoms with van der Waals surface area (Å²) in [7, 11) is 3.98. The molecule has 1 aromatic heterocycles. The van der Waals surface area contributed by atoms with Gasteiger partial charge in [-0.1, -0.05) is 12.1 Å². The first kappa shape index (κ1) is 12.8. The highest BCUT2D eigenvalue weighted by Gasteiger charge is 2.07. The predicted octanol–water partition coefficient (Wildman–Crippen LogP) is 2.50. The highest BCUT2D eigenvalue weighted by Crippen LogP contribution is 2.11. The first-order valence-electron chi connectivity index (χ1n) is 5.96. The molecule has 0 aliphatic heterocycles. The van der Waals surface area contributed by atoms with Crippen molar-refractivity contribution in [3.05, 3.63) is 53.1 Å². The van der Waals surface area contributed by atoms with Crippen LogP contribution in [-0.4, -0.2) is 21.7 Å². The fourth-order valence-corrected chi connectivity index (χ4v) is 2.05. The molecule has 2 rings (SSSR count). The molecule has 0 spiro atoms. The lowest BCUT2D eigenvalue weighted by Crippen LogP contribution is -2.17. The molecule has 1 heterocycles. The Labute approximate surface area is 107 Å². The third kappa shape index (κ3) is 3.17. The first-order chi connectivity index (χ1) is 8.54. The van der Waals surface area contributed by atoms with Gasteiger partial charge >= 0.3 is 0 Å². The van der Waals surface area contributed by atoms with Crippen LogP contribution >= 0.6 is 0 Å². The van der Waals surface area contributed by atoms with Crippen molar-refractivity contribution >= 4 is 0 Å². The Hall–Kier alpha value is -1.68. The van der Waals surface area contributed by atoms with Gasteiger partial charge in [0, 0.05) is 31.9 Å². The number of hydrogen-bond donors (Lipinski definition) is 0. The second-order valence-electron chi connectivity index (χ2n) is 4.71. The molecule has 0 atom stereocenters. The fraction of sp³-hybridized carbons (Fsp3) is 0.357. The average molecular weight is 247 g/mol. The van der Waals surface area contributed by atoms with E-state index < -0.39 is 0 Å². The largest absolute Gasteiger partial charge is 0.298 e. The molecule has 0 N–H and O–H groups in total. The molecule has 3 nitrogen and oxygen atoms in total. The van der Waals surface area contributed by atoms with E-state index >= 15 is 0 Å². The Morgan fingerprint density at radius 2 is 1.89 bits per heavy atom. The summed E-state index contributed by atoms with van der Waals surface area (Å²) in [6.45, 7) is 3.66. The third-order valence-electron chi connectivity index (χ3n) is 2.92. The number of aromatic nitrogens is 2. The van der Waals surface area contributed by atoms with Gasteiger partial charge in [-0.15, -0.1) is 0 Å². The fourth-order valence-electron chi connectivity index (χ4n) is 2.05. The lowest BCUT2D eigenvalue weighted by atomic mass is 10.2. The summed E-state index contributed by atoms with van der Waals surface area (Å²) >= 11 is 0. The monoisotopic (exact) mass is 247 g/mol. The summed E-state index contributed by atoms with van der Waals surface area (Å²) in [6.07, 6.45) is 2.04. The molecule has 0 bridgehead atoms. The summed E-state index contributed by atoms with van der Waals surface area (Å²) in [5, 5.41) is 4.32. The summed E-state index contributed by atoms with van der Waals surface area (Å²) in [5.74, 6) is -0.190. The van der Waals surface area contributed by atoms with E-state index in [2.05, 4.69) is 17.0 Å². The van der Waals surface area contributed by atoms with Crippen molar-refractivity contribution in [3.8, 4) is 0 Å². The number of rotatable bonds is 4. The van der Waals surface area contributed by atoms with E-state index in [9.17, 15) is 4.39 Å². The molecule has 0 radical (unpaired) electrons. The van der Waals surface area contributed by atoms with E-state index in [4.69, 9.17) is 0 Å². The van der Waals surface area contributed by atoms with Gasteiger partial charge in [-0.05, 0) is 31.7 Å². The van der Waals surface area contributed by atoms with E-state index in [1.165, 1.54) is 17.7 Å². The molecule has 0 saturated heterocycles. The third-order valence-corrected chi connectivity index (χ3v) is 2.92. The first-order valence-corrected chi connectivity index (χ1v) is 5.96. The molecule has 0 amide bonds.